The van der Waals surface area contributed by atoms with Crippen molar-refractivity contribution in [2.24, 2.45) is 0 Å². The van der Waals surface area contributed by atoms with Crippen LogP contribution >= 0.6 is 15.9 Å². The van der Waals surface area contributed by atoms with Gasteiger partial charge in [-0.3, -0.25) is 9.59 Å². The summed E-state index contributed by atoms with van der Waals surface area (Å²) in [6, 6.07) is 0. The minimum atomic E-state index is -0.00705. The maximum Gasteiger partial charge on any atom is 0.242 e. The van der Waals surface area contributed by atoms with Crippen molar-refractivity contribution in [1.82, 2.24) is 9.80 Å². The first-order valence-corrected chi connectivity index (χ1v) is 6.26. The van der Waals surface area contributed by atoms with Crippen molar-refractivity contribution in [2.75, 3.05) is 32.0 Å². The van der Waals surface area contributed by atoms with Crippen LogP contribution in [-0.4, -0.2) is 53.6 Å². The van der Waals surface area contributed by atoms with E-state index in [2.05, 4.69) is 15.9 Å². The van der Waals surface area contributed by atoms with Crippen molar-refractivity contribution in [3.63, 3.8) is 0 Å². The number of nitrogens with zero attached hydrogens (tertiary/aromatic N) is 2. The van der Waals surface area contributed by atoms with E-state index in [9.17, 15) is 9.59 Å². The standard InChI is InChI=1S/C10H19BrN2O2/c1-4-13(5-2)10(15)8-12(3)9(14)6-7-11/h4-8H2,1-3H3. The first kappa shape index (κ1) is 14.4. The van der Waals surface area contributed by atoms with Gasteiger partial charge in [0.25, 0.3) is 0 Å². The number of rotatable bonds is 6. The van der Waals surface area contributed by atoms with Gasteiger partial charge in [-0.2, -0.15) is 0 Å². The molecule has 0 aromatic carbocycles. The summed E-state index contributed by atoms with van der Waals surface area (Å²) in [6.07, 6.45) is 0.433. The molecule has 0 atom stereocenters. The molecule has 0 saturated heterocycles. The molecular weight excluding hydrogens is 260 g/mol. The summed E-state index contributed by atoms with van der Waals surface area (Å²) in [6.45, 7) is 5.42. The van der Waals surface area contributed by atoms with Crippen LogP contribution in [0.25, 0.3) is 0 Å². The number of carbonyl (C=O) groups is 2. The Hall–Kier alpha value is -0.580. The third-order valence-electron chi connectivity index (χ3n) is 2.22. The SMILES string of the molecule is CCN(CC)C(=O)CN(C)C(=O)CCBr. The van der Waals surface area contributed by atoms with Crippen LogP contribution < -0.4 is 0 Å². The van der Waals surface area contributed by atoms with Gasteiger partial charge in [-0.05, 0) is 13.8 Å². The highest BCUT2D eigenvalue weighted by atomic mass is 79.9. The largest absolute Gasteiger partial charge is 0.342 e. The van der Waals surface area contributed by atoms with Crippen molar-refractivity contribution >= 4 is 27.7 Å². The maximum absolute atomic E-state index is 11.6. The number of amides is 2. The van der Waals surface area contributed by atoms with Crippen LogP contribution in [0.4, 0.5) is 0 Å². The zero-order valence-electron chi connectivity index (χ0n) is 9.62. The van der Waals surface area contributed by atoms with Crippen molar-refractivity contribution in [1.29, 1.82) is 0 Å². The van der Waals surface area contributed by atoms with Crippen LogP contribution in [0.5, 0.6) is 0 Å². The lowest BCUT2D eigenvalue weighted by Gasteiger charge is -2.23. The van der Waals surface area contributed by atoms with Crippen LogP contribution in [0.3, 0.4) is 0 Å². The molecule has 0 bridgehead atoms. The van der Waals surface area contributed by atoms with Gasteiger partial charge in [0.05, 0.1) is 6.54 Å². The highest BCUT2D eigenvalue weighted by Gasteiger charge is 2.15. The Bertz CT molecular complexity index is 217. The Morgan fingerprint density at radius 1 is 1.13 bits per heavy atom. The molecule has 4 nitrogen and oxygen atoms in total. The molecule has 0 unspecified atom stereocenters. The Morgan fingerprint density at radius 2 is 1.67 bits per heavy atom. The maximum atomic E-state index is 11.6. The fraction of sp³-hybridized carbons (Fsp3) is 0.800. The van der Waals surface area contributed by atoms with E-state index in [4.69, 9.17) is 0 Å². The molecule has 0 aromatic heterocycles. The lowest BCUT2D eigenvalue weighted by Crippen LogP contribution is -2.41. The molecule has 15 heavy (non-hydrogen) atoms. The van der Waals surface area contributed by atoms with Gasteiger partial charge in [0, 0.05) is 31.9 Å². The molecule has 0 aromatic rings. The Labute approximate surface area is 99.7 Å². The van der Waals surface area contributed by atoms with Crippen LogP contribution in [0.2, 0.25) is 0 Å². The van der Waals surface area contributed by atoms with Gasteiger partial charge in [-0.15, -0.1) is 0 Å². The molecule has 0 heterocycles. The Balaban J connectivity index is 4.10. The number of likely N-dealkylation sites (N-methyl/N-ethyl adjacent to an activating group) is 2. The predicted octanol–water partition coefficient (Wildman–Crippen LogP) is 1.10. The zero-order valence-corrected chi connectivity index (χ0v) is 11.2. The summed E-state index contributed by atoms with van der Waals surface area (Å²) in [5.74, 6) is -0.00203. The number of alkyl halides is 1. The van der Waals surface area contributed by atoms with Crippen molar-refractivity contribution in [3.05, 3.63) is 0 Å². The second kappa shape index (κ2) is 7.68. The predicted molar refractivity (Wildman–Crippen MR) is 64.0 cm³/mol. The fourth-order valence-corrected chi connectivity index (χ4v) is 1.58. The molecule has 0 saturated carbocycles. The van der Waals surface area contributed by atoms with E-state index in [0.29, 0.717) is 24.8 Å². The van der Waals surface area contributed by atoms with Crippen molar-refractivity contribution in [3.8, 4) is 0 Å². The van der Waals surface area contributed by atoms with Crippen molar-refractivity contribution < 1.29 is 9.59 Å². The third-order valence-corrected chi connectivity index (χ3v) is 2.62. The topological polar surface area (TPSA) is 40.6 Å². The summed E-state index contributed by atoms with van der Waals surface area (Å²) < 4.78 is 0. The Morgan fingerprint density at radius 3 is 2.07 bits per heavy atom. The van der Waals surface area contributed by atoms with E-state index < -0.39 is 0 Å². The number of carbonyl (C=O) groups excluding carboxylic acids is 2. The highest BCUT2D eigenvalue weighted by molar-refractivity contribution is 9.09. The van der Waals surface area contributed by atoms with E-state index in [0.717, 1.165) is 0 Å². The van der Waals surface area contributed by atoms with Crippen molar-refractivity contribution in [2.45, 2.75) is 20.3 Å². The quantitative estimate of drug-likeness (QED) is 0.683. The van der Waals surface area contributed by atoms with E-state index in [1.165, 1.54) is 4.90 Å². The average Bonchev–Trinajstić information content (AvgIpc) is 2.19. The molecular formula is C10H19BrN2O2. The van der Waals surface area contributed by atoms with Gasteiger partial charge in [-0.1, -0.05) is 15.9 Å². The zero-order chi connectivity index (χ0) is 11.8. The van der Waals surface area contributed by atoms with E-state index in [1.54, 1.807) is 11.9 Å². The number of hydrogen-bond donors (Lipinski definition) is 0. The normalized spacial score (nSPS) is 9.87. The molecule has 0 aliphatic carbocycles. The van der Waals surface area contributed by atoms with Gasteiger partial charge >= 0.3 is 0 Å². The molecule has 0 aliphatic rings. The highest BCUT2D eigenvalue weighted by Crippen LogP contribution is 1.97. The molecule has 0 N–H and O–H groups in total. The summed E-state index contributed by atoms with van der Waals surface area (Å²) in [4.78, 5) is 26.2. The first-order valence-electron chi connectivity index (χ1n) is 5.14. The molecule has 0 radical (unpaired) electrons. The number of hydrogen-bond acceptors (Lipinski definition) is 2. The summed E-state index contributed by atoms with van der Waals surface area (Å²) in [5.41, 5.74) is 0. The van der Waals surface area contributed by atoms with Gasteiger partial charge in [0.1, 0.15) is 0 Å². The van der Waals surface area contributed by atoms with Crippen LogP contribution in [0.15, 0.2) is 0 Å². The lowest BCUT2D eigenvalue weighted by molar-refractivity contribution is -0.138. The monoisotopic (exact) mass is 278 g/mol. The summed E-state index contributed by atoms with van der Waals surface area (Å²) >= 11 is 3.20. The molecule has 0 rings (SSSR count). The second-order valence-electron chi connectivity index (χ2n) is 3.25. The molecule has 0 fully saturated rings. The van der Waals surface area contributed by atoms with Crippen LogP contribution in [-0.2, 0) is 9.59 Å². The number of halogens is 1. The lowest BCUT2D eigenvalue weighted by atomic mass is 10.3. The smallest absolute Gasteiger partial charge is 0.242 e. The molecule has 88 valence electrons. The van der Waals surface area contributed by atoms with Gasteiger partial charge in [0.2, 0.25) is 11.8 Å². The van der Waals surface area contributed by atoms with Gasteiger partial charge in [-0.25, -0.2) is 0 Å². The minimum Gasteiger partial charge on any atom is -0.342 e. The van der Waals surface area contributed by atoms with Gasteiger partial charge < -0.3 is 9.80 Å². The third kappa shape index (κ3) is 5.16. The average molecular weight is 279 g/mol. The fourth-order valence-electron chi connectivity index (χ4n) is 1.24. The summed E-state index contributed by atoms with van der Waals surface area (Å²) in [5, 5.41) is 0.635. The van der Waals surface area contributed by atoms with Crippen LogP contribution in [0, 0.1) is 0 Å². The van der Waals surface area contributed by atoms with Crippen LogP contribution in [0.1, 0.15) is 20.3 Å². The van der Waals surface area contributed by atoms with E-state index in [-0.39, 0.29) is 18.4 Å². The van der Waals surface area contributed by atoms with E-state index in [1.807, 2.05) is 13.8 Å². The molecule has 0 aliphatic heterocycles. The van der Waals surface area contributed by atoms with E-state index >= 15 is 0 Å². The summed E-state index contributed by atoms with van der Waals surface area (Å²) in [7, 11) is 1.66. The second-order valence-corrected chi connectivity index (χ2v) is 4.05. The first-order chi connectivity index (χ1) is 7.06. The minimum absolute atomic E-state index is 0.00502. The van der Waals surface area contributed by atoms with Gasteiger partial charge in [0.15, 0.2) is 0 Å². The molecule has 5 heteroatoms. The Kier molecular flexibility index (Phi) is 7.38. The molecule has 0 spiro atoms. The molecule has 2 amide bonds.